The van der Waals surface area contributed by atoms with Crippen molar-refractivity contribution in [3.05, 3.63) is 0 Å². The first kappa shape index (κ1) is 15.8. The van der Waals surface area contributed by atoms with Crippen LogP contribution in [0.3, 0.4) is 0 Å². The molecule has 2 unspecified atom stereocenters. The molecule has 1 saturated heterocycles. The Morgan fingerprint density at radius 2 is 2.00 bits per heavy atom. The van der Waals surface area contributed by atoms with Gasteiger partial charge in [0, 0.05) is 26.2 Å². The fraction of sp³-hybridized carbons (Fsp3) is 0.938. The van der Waals surface area contributed by atoms with Crippen molar-refractivity contribution >= 4 is 5.91 Å². The van der Waals surface area contributed by atoms with Crippen LogP contribution in [0, 0.1) is 5.92 Å². The van der Waals surface area contributed by atoms with Crippen molar-refractivity contribution in [2.75, 3.05) is 20.2 Å². The van der Waals surface area contributed by atoms with Crippen molar-refractivity contribution in [1.82, 2.24) is 4.90 Å². The predicted octanol–water partition coefficient (Wildman–Crippen LogP) is 2.31. The van der Waals surface area contributed by atoms with Crippen molar-refractivity contribution in [1.29, 1.82) is 0 Å². The number of methoxy groups -OCH3 is 1. The Balaban J connectivity index is 1.84. The molecule has 2 atom stereocenters. The van der Waals surface area contributed by atoms with Gasteiger partial charge in [-0.15, -0.1) is 0 Å². The lowest BCUT2D eigenvalue weighted by molar-refractivity contribution is -0.134. The largest absolute Gasteiger partial charge is 0.380 e. The number of nitrogens with two attached hydrogens (primary N) is 1. The smallest absolute Gasteiger partial charge is 0.225 e. The minimum Gasteiger partial charge on any atom is -0.380 e. The van der Waals surface area contributed by atoms with E-state index < -0.39 is 0 Å². The van der Waals surface area contributed by atoms with E-state index >= 15 is 0 Å². The summed E-state index contributed by atoms with van der Waals surface area (Å²) in [6, 6.07) is 0.473. The fourth-order valence-electron chi connectivity index (χ4n) is 3.79. The molecule has 0 radical (unpaired) electrons. The molecule has 1 heterocycles. The van der Waals surface area contributed by atoms with Crippen LogP contribution in [-0.4, -0.2) is 43.2 Å². The lowest BCUT2D eigenvalue weighted by Gasteiger charge is -2.31. The Morgan fingerprint density at radius 3 is 2.65 bits per heavy atom. The molecule has 1 aliphatic heterocycles. The van der Waals surface area contributed by atoms with Gasteiger partial charge < -0.3 is 15.4 Å². The summed E-state index contributed by atoms with van der Waals surface area (Å²) in [6.45, 7) is 1.35. The topological polar surface area (TPSA) is 55.6 Å². The number of carbonyl (C=O) groups excluding carboxylic acids is 1. The highest BCUT2D eigenvalue weighted by atomic mass is 16.5. The Morgan fingerprint density at radius 1 is 1.25 bits per heavy atom. The van der Waals surface area contributed by atoms with Gasteiger partial charge in [-0.25, -0.2) is 0 Å². The molecule has 2 rings (SSSR count). The third kappa shape index (κ3) is 4.19. The molecule has 1 aliphatic carbocycles. The number of carbonyl (C=O) groups is 1. The van der Waals surface area contributed by atoms with Gasteiger partial charge in [0.25, 0.3) is 0 Å². The Kier molecular flexibility index (Phi) is 6.30. The minimum atomic E-state index is -0.126. The van der Waals surface area contributed by atoms with Crippen molar-refractivity contribution in [3.63, 3.8) is 0 Å². The monoisotopic (exact) mass is 282 g/mol. The van der Waals surface area contributed by atoms with E-state index in [1.165, 1.54) is 44.9 Å². The molecule has 0 aromatic rings. The average molecular weight is 282 g/mol. The van der Waals surface area contributed by atoms with E-state index in [1.807, 2.05) is 0 Å². The average Bonchev–Trinajstić information content (AvgIpc) is 2.94. The maximum absolute atomic E-state index is 12.4. The van der Waals surface area contributed by atoms with E-state index in [1.54, 1.807) is 7.11 Å². The van der Waals surface area contributed by atoms with Crippen LogP contribution in [0.4, 0.5) is 0 Å². The summed E-state index contributed by atoms with van der Waals surface area (Å²) < 4.78 is 5.24. The van der Waals surface area contributed by atoms with Crippen molar-refractivity contribution in [2.24, 2.45) is 11.7 Å². The molecule has 0 spiro atoms. The molecule has 4 nitrogen and oxygen atoms in total. The van der Waals surface area contributed by atoms with Crippen LogP contribution in [0.5, 0.6) is 0 Å². The number of likely N-dealkylation sites (tertiary alicyclic amines) is 1. The summed E-state index contributed by atoms with van der Waals surface area (Å²) in [5.41, 5.74) is 5.62. The number of amides is 1. The fourth-order valence-corrected chi connectivity index (χ4v) is 3.79. The first-order chi connectivity index (χ1) is 9.74. The normalized spacial score (nSPS) is 25.9. The Hall–Kier alpha value is -0.610. The molecule has 1 amide bonds. The van der Waals surface area contributed by atoms with Crippen LogP contribution in [0.2, 0.25) is 0 Å². The molecule has 0 bridgehead atoms. The van der Waals surface area contributed by atoms with Gasteiger partial charge in [0.1, 0.15) is 0 Å². The quantitative estimate of drug-likeness (QED) is 0.813. The van der Waals surface area contributed by atoms with Crippen LogP contribution in [-0.2, 0) is 9.53 Å². The van der Waals surface area contributed by atoms with Crippen molar-refractivity contribution in [3.8, 4) is 0 Å². The molecular weight excluding hydrogens is 252 g/mol. The molecule has 116 valence electrons. The Labute approximate surface area is 123 Å². The highest BCUT2D eigenvalue weighted by Crippen LogP contribution is 2.32. The second-order valence-corrected chi connectivity index (χ2v) is 6.42. The van der Waals surface area contributed by atoms with Crippen LogP contribution < -0.4 is 5.73 Å². The van der Waals surface area contributed by atoms with E-state index in [0.717, 1.165) is 18.9 Å². The molecule has 0 aromatic heterocycles. The molecule has 2 N–H and O–H groups in total. The van der Waals surface area contributed by atoms with Gasteiger partial charge >= 0.3 is 0 Å². The molecule has 0 aromatic carbocycles. The second kappa shape index (κ2) is 7.99. The van der Waals surface area contributed by atoms with E-state index in [0.29, 0.717) is 19.0 Å². The zero-order chi connectivity index (χ0) is 14.4. The van der Waals surface area contributed by atoms with E-state index in [-0.39, 0.29) is 12.0 Å². The van der Waals surface area contributed by atoms with E-state index in [9.17, 15) is 4.79 Å². The van der Waals surface area contributed by atoms with Gasteiger partial charge in [0.2, 0.25) is 5.91 Å². The summed E-state index contributed by atoms with van der Waals surface area (Å²) in [4.78, 5) is 14.5. The van der Waals surface area contributed by atoms with Gasteiger partial charge in [0.15, 0.2) is 0 Å². The van der Waals surface area contributed by atoms with Crippen molar-refractivity contribution < 1.29 is 9.53 Å². The lowest BCUT2D eigenvalue weighted by Crippen LogP contribution is -2.40. The number of hydrogen-bond acceptors (Lipinski definition) is 3. The summed E-state index contributed by atoms with van der Waals surface area (Å²) in [5, 5.41) is 0. The summed E-state index contributed by atoms with van der Waals surface area (Å²) in [7, 11) is 1.63. The third-order valence-corrected chi connectivity index (χ3v) is 5.03. The zero-order valence-electron chi connectivity index (χ0n) is 12.9. The minimum absolute atomic E-state index is 0.126. The van der Waals surface area contributed by atoms with Gasteiger partial charge in [-0.05, 0) is 25.2 Å². The number of rotatable bonds is 6. The molecule has 1 saturated carbocycles. The predicted molar refractivity (Wildman–Crippen MR) is 80.4 cm³/mol. The van der Waals surface area contributed by atoms with Gasteiger partial charge in [0.05, 0.1) is 12.5 Å². The van der Waals surface area contributed by atoms with E-state index in [4.69, 9.17) is 10.5 Å². The van der Waals surface area contributed by atoms with Crippen LogP contribution in [0.25, 0.3) is 0 Å². The van der Waals surface area contributed by atoms with Crippen LogP contribution >= 0.6 is 0 Å². The first-order valence-corrected chi connectivity index (χ1v) is 8.27. The summed E-state index contributed by atoms with van der Waals surface area (Å²) in [6.07, 6.45) is 10.7. The molecule has 2 aliphatic rings. The number of nitrogens with zero attached hydrogens (tertiary/aromatic N) is 1. The molecule has 2 fully saturated rings. The summed E-state index contributed by atoms with van der Waals surface area (Å²) in [5.74, 6) is 1.08. The van der Waals surface area contributed by atoms with Gasteiger partial charge in [-0.1, -0.05) is 32.1 Å². The number of hydrogen-bond donors (Lipinski definition) is 1. The van der Waals surface area contributed by atoms with Crippen LogP contribution in [0.1, 0.15) is 57.8 Å². The Bertz CT molecular complexity index is 299. The third-order valence-electron chi connectivity index (χ3n) is 5.03. The van der Waals surface area contributed by atoms with E-state index in [2.05, 4.69) is 4.90 Å². The summed E-state index contributed by atoms with van der Waals surface area (Å²) >= 11 is 0. The van der Waals surface area contributed by atoms with Crippen molar-refractivity contribution in [2.45, 2.75) is 69.9 Å². The standard InChI is InChI=1S/C16H30N2O2/c1-20-15(12-17)11-16(19)18-9-5-8-14(18)10-13-6-3-2-4-7-13/h13-15H,2-12,17H2,1H3. The first-order valence-electron chi connectivity index (χ1n) is 8.27. The highest BCUT2D eigenvalue weighted by molar-refractivity contribution is 5.77. The molecular formula is C16H30N2O2. The second-order valence-electron chi connectivity index (χ2n) is 6.42. The maximum atomic E-state index is 12.4. The van der Waals surface area contributed by atoms with Gasteiger partial charge in [-0.2, -0.15) is 0 Å². The lowest BCUT2D eigenvalue weighted by atomic mass is 9.84. The zero-order valence-corrected chi connectivity index (χ0v) is 12.9. The SMILES string of the molecule is COC(CN)CC(=O)N1CCCC1CC1CCCCC1. The maximum Gasteiger partial charge on any atom is 0.225 e. The highest BCUT2D eigenvalue weighted by Gasteiger charge is 2.31. The molecule has 4 heteroatoms. The van der Waals surface area contributed by atoms with Crippen LogP contribution in [0.15, 0.2) is 0 Å². The molecule has 20 heavy (non-hydrogen) atoms. The number of ether oxygens (including phenoxy) is 1. The van der Waals surface area contributed by atoms with Gasteiger partial charge in [-0.3, -0.25) is 4.79 Å².